The Bertz CT molecular complexity index is 548. The molecule has 1 unspecified atom stereocenters. The summed E-state index contributed by atoms with van der Waals surface area (Å²) >= 11 is 6.03. The van der Waals surface area contributed by atoms with Crippen molar-refractivity contribution in [2.45, 2.75) is 32.9 Å². The van der Waals surface area contributed by atoms with Crippen LogP contribution in [-0.2, 0) is 6.54 Å². The lowest BCUT2D eigenvalue weighted by molar-refractivity contribution is 0.566. The first-order chi connectivity index (χ1) is 9.17. The molecule has 2 rings (SSSR count). The first kappa shape index (κ1) is 14.1. The lowest BCUT2D eigenvalue weighted by Gasteiger charge is -2.20. The highest BCUT2D eigenvalue weighted by molar-refractivity contribution is 6.30. The average Bonchev–Trinajstić information content (AvgIpc) is 2.82. The molecule has 1 aromatic carbocycles. The quantitative estimate of drug-likeness (QED) is 0.906. The molecule has 1 aromatic heterocycles. The van der Waals surface area contributed by atoms with E-state index < -0.39 is 0 Å². The van der Waals surface area contributed by atoms with Gasteiger partial charge in [0.2, 0.25) is 0 Å². The van der Waals surface area contributed by atoms with Crippen LogP contribution in [0.3, 0.4) is 0 Å². The number of nitrogens with one attached hydrogen (secondary N) is 1. The van der Waals surface area contributed by atoms with Gasteiger partial charge in [0, 0.05) is 24.0 Å². The summed E-state index contributed by atoms with van der Waals surface area (Å²) in [6, 6.07) is 6.10. The van der Waals surface area contributed by atoms with E-state index in [0.29, 0.717) is 0 Å². The normalized spacial score (nSPS) is 12.6. The van der Waals surface area contributed by atoms with E-state index in [0.717, 1.165) is 23.8 Å². The van der Waals surface area contributed by atoms with Gasteiger partial charge in [0.25, 0.3) is 0 Å². The van der Waals surface area contributed by atoms with Crippen molar-refractivity contribution < 1.29 is 0 Å². The second-order valence-corrected chi connectivity index (χ2v) is 5.14. The van der Waals surface area contributed by atoms with Crippen LogP contribution in [0.4, 0.5) is 0 Å². The predicted octanol–water partition coefficient (Wildman–Crippen LogP) is 3.56. The highest BCUT2D eigenvalue weighted by Crippen LogP contribution is 2.26. The molecular formula is C15H20ClN3. The van der Waals surface area contributed by atoms with Gasteiger partial charge in [-0.15, -0.1) is 0 Å². The van der Waals surface area contributed by atoms with E-state index in [-0.39, 0.29) is 6.04 Å². The van der Waals surface area contributed by atoms with Crippen molar-refractivity contribution in [1.82, 2.24) is 14.9 Å². The molecule has 0 aliphatic rings. The highest BCUT2D eigenvalue weighted by atomic mass is 35.5. The molecule has 0 saturated heterocycles. The van der Waals surface area contributed by atoms with Gasteiger partial charge in [0.05, 0.1) is 6.04 Å². The van der Waals surface area contributed by atoms with E-state index in [4.69, 9.17) is 11.6 Å². The predicted molar refractivity (Wildman–Crippen MR) is 79.6 cm³/mol. The minimum absolute atomic E-state index is 0.0961. The SMILES string of the molecule is CCCn1ccnc1C(NC)c1ccc(Cl)cc1C. The van der Waals surface area contributed by atoms with E-state index in [1.807, 2.05) is 31.6 Å². The first-order valence-corrected chi connectivity index (χ1v) is 6.99. The summed E-state index contributed by atoms with van der Waals surface area (Å²) in [5.74, 6) is 1.05. The van der Waals surface area contributed by atoms with Crippen molar-refractivity contribution in [1.29, 1.82) is 0 Å². The maximum atomic E-state index is 6.03. The summed E-state index contributed by atoms with van der Waals surface area (Å²) < 4.78 is 2.20. The summed E-state index contributed by atoms with van der Waals surface area (Å²) in [5, 5.41) is 4.12. The third-order valence-corrected chi connectivity index (χ3v) is 3.54. The first-order valence-electron chi connectivity index (χ1n) is 6.61. The van der Waals surface area contributed by atoms with Crippen molar-refractivity contribution in [3.8, 4) is 0 Å². The molecule has 0 radical (unpaired) electrons. The number of hydrogen-bond acceptors (Lipinski definition) is 2. The van der Waals surface area contributed by atoms with Crippen LogP contribution in [0, 0.1) is 6.92 Å². The van der Waals surface area contributed by atoms with Gasteiger partial charge < -0.3 is 9.88 Å². The Hall–Kier alpha value is -1.32. The molecule has 4 heteroatoms. The lowest BCUT2D eigenvalue weighted by Crippen LogP contribution is -2.22. The van der Waals surface area contributed by atoms with Crippen LogP contribution in [0.1, 0.15) is 36.3 Å². The zero-order chi connectivity index (χ0) is 13.8. The molecule has 0 aliphatic heterocycles. The Morgan fingerprint density at radius 1 is 1.42 bits per heavy atom. The summed E-state index contributed by atoms with van der Waals surface area (Å²) in [6.45, 7) is 5.24. The molecule has 0 aliphatic carbocycles. The molecule has 1 atom stereocenters. The number of aromatic nitrogens is 2. The van der Waals surface area contributed by atoms with Crippen molar-refractivity contribution in [3.63, 3.8) is 0 Å². The van der Waals surface area contributed by atoms with Crippen LogP contribution in [0.5, 0.6) is 0 Å². The molecule has 2 aromatic rings. The Morgan fingerprint density at radius 2 is 2.21 bits per heavy atom. The Balaban J connectivity index is 2.41. The number of benzene rings is 1. The van der Waals surface area contributed by atoms with Crippen molar-refractivity contribution in [2.24, 2.45) is 0 Å². The van der Waals surface area contributed by atoms with Crippen LogP contribution >= 0.6 is 11.6 Å². The molecule has 19 heavy (non-hydrogen) atoms. The number of aryl methyl sites for hydroxylation is 2. The second kappa shape index (κ2) is 6.22. The minimum Gasteiger partial charge on any atom is -0.333 e. The van der Waals surface area contributed by atoms with Gasteiger partial charge in [-0.25, -0.2) is 4.98 Å². The second-order valence-electron chi connectivity index (χ2n) is 4.70. The molecule has 0 amide bonds. The van der Waals surface area contributed by atoms with Crippen LogP contribution in [0.2, 0.25) is 5.02 Å². The average molecular weight is 278 g/mol. The molecule has 3 nitrogen and oxygen atoms in total. The summed E-state index contributed by atoms with van der Waals surface area (Å²) in [4.78, 5) is 4.51. The zero-order valence-electron chi connectivity index (χ0n) is 11.7. The van der Waals surface area contributed by atoms with Crippen molar-refractivity contribution >= 4 is 11.6 Å². The fourth-order valence-corrected chi connectivity index (χ4v) is 2.62. The van der Waals surface area contributed by atoms with Gasteiger partial charge in [0.15, 0.2) is 0 Å². The number of halogens is 1. The van der Waals surface area contributed by atoms with E-state index in [1.165, 1.54) is 11.1 Å². The zero-order valence-corrected chi connectivity index (χ0v) is 12.4. The van der Waals surface area contributed by atoms with E-state index in [1.54, 1.807) is 0 Å². The Morgan fingerprint density at radius 3 is 2.84 bits per heavy atom. The van der Waals surface area contributed by atoms with Gasteiger partial charge in [-0.3, -0.25) is 0 Å². The molecule has 1 N–H and O–H groups in total. The maximum Gasteiger partial charge on any atom is 0.130 e. The molecule has 1 heterocycles. The number of imidazole rings is 1. The smallest absolute Gasteiger partial charge is 0.130 e. The van der Waals surface area contributed by atoms with Gasteiger partial charge in [-0.1, -0.05) is 24.6 Å². The van der Waals surface area contributed by atoms with Crippen LogP contribution in [0.25, 0.3) is 0 Å². The molecule has 0 fully saturated rings. The third-order valence-electron chi connectivity index (χ3n) is 3.30. The fourth-order valence-electron chi connectivity index (χ4n) is 2.40. The Labute approximate surface area is 119 Å². The number of nitrogens with zero attached hydrogens (tertiary/aromatic N) is 2. The van der Waals surface area contributed by atoms with Gasteiger partial charge in [-0.2, -0.15) is 0 Å². The summed E-state index contributed by atoms with van der Waals surface area (Å²) in [5.41, 5.74) is 2.40. The third kappa shape index (κ3) is 2.99. The minimum atomic E-state index is 0.0961. The summed E-state index contributed by atoms with van der Waals surface area (Å²) in [6.07, 6.45) is 4.99. The van der Waals surface area contributed by atoms with Gasteiger partial charge in [-0.05, 0) is 43.7 Å². The molecule has 102 valence electrons. The standard InChI is InChI=1S/C15H20ClN3/c1-4-8-19-9-7-18-15(19)14(17-3)13-6-5-12(16)10-11(13)2/h5-7,9-10,14,17H,4,8H2,1-3H3. The maximum absolute atomic E-state index is 6.03. The van der Waals surface area contributed by atoms with E-state index in [2.05, 4.69) is 34.8 Å². The summed E-state index contributed by atoms with van der Waals surface area (Å²) in [7, 11) is 1.96. The highest BCUT2D eigenvalue weighted by Gasteiger charge is 2.18. The van der Waals surface area contributed by atoms with E-state index >= 15 is 0 Å². The Kier molecular flexibility index (Phi) is 4.61. The monoisotopic (exact) mass is 277 g/mol. The largest absolute Gasteiger partial charge is 0.333 e. The van der Waals surface area contributed by atoms with Crippen LogP contribution in [-0.4, -0.2) is 16.6 Å². The number of hydrogen-bond donors (Lipinski definition) is 1. The fraction of sp³-hybridized carbons (Fsp3) is 0.400. The van der Waals surface area contributed by atoms with Gasteiger partial charge >= 0.3 is 0 Å². The van der Waals surface area contributed by atoms with Crippen molar-refractivity contribution in [2.75, 3.05) is 7.05 Å². The topological polar surface area (TPSA) is 29.9 Å². The van der Waals surface area contributed by atoms with E-state index in [9.17, 15) is 0 Å². The van der Waals surface area contributed by atoms with Gasteiger partial charge in [0.1, 0.15) is 5.82 Å². The van der Waals surface area contributed by atoms with Crippen LogP contribution < -0.4 is 5.32 Å². The molecule has 0 spiro atoms. The number of rotatable bonds is 5. The molecular weight excluding hydrogens is 258 g/mol. The van der Waals surface area contributed by atoms with Crippen LogP contribution in [0.15, 0.2) is 30.6 Å². The molecule has 0 bridgehead atoms. The van der Waals surface area contributed by atoms with Crippen molar-refractivity contribution in [3.05, 3.63) is 52.6 Å². The lowest BCUT2D eigenvalue weighted by atomic mass is 10.0. The molecule has 0 saturated carbocycles.